The average molecular weight is 300 g/mol. The normalized spacial score (nSPS) is 12.3. The van der Waals surface area contributed by atoms with Gasteiger partial charge in [-0.1, -0.05) is 22.0 Å². The summed E-state index contributed by atoms with van der Waals surface area (Å²) in [5, 5.41) is 3.62. The molecule has 0 fully saturated rings. The van der Waals surface area contributed by atoms with Gasteiger partial charge in [-0.3, -0.25) is 4.79 Å². The van der Waals surface area contributed by atoms with Crippen molar-refractivity contribution in [2.75, 3.05) is 5.33 Å². The third-order valence-electron chi connectivity index (χ3n) is 2.08. The van der Waals surface area contributed by atoms with Crippen molar-refractivity contribution in [2.45, 2.75) is 32.9 Å². The van der Waals surface area contributed by atoms with Crippen LogP contribution in [0.2, 0.25) is 0 Å². The van der Waals surface area contributed by atoms with Crippen LogP contribution >= 0.6 is 15.9 Å². The van der Waals surface area contributed by atoms with Gasteiger partial charge < -0.3 is 10.1 Å². The molecule has 0 heterocycles. The van der Waals surface area contributed by atoms with Crippen molar-refractivity contribution in [3.8, 4) is 5.75 Å². The zero-order valence-corrected chi connectivity index (χ0v) is 12.0. The van der Waals surface area contributed by atoms with Gasteiger partial charge in [0.25, 0.3) is 5.91 Å². The fraction of sp³-hybridized carbons (Fsp3) is 0.462. The van der Waals surface area contributed by atoms with Gasteiger partial charge >= 0.3 is 0 Å². The van der Waals surface area contributed by atoms with Crippen LogP contribution in [0.4, 0.5) is 0 Å². The molecule has 1 aromatic carbocycles. The number of carbonyl (C=O) groups is 1. The van der Waals surface area contributed by atoms with Crippen LogP contribution in [0.25, 0.3) is 0 Å². The highest BCUT2D eigenvalue weighted by molar-refractivity contribution is 9.09. The van der Waals surface area contributed by atoms with E-state index in [0.29, 0.717) is 5.56 Å². The number of benzene rings is 1. The fourth-order valence-corrected chi connectivity index (χ4v) is 1.49. The zero-order chi connectivity index (χ0) is 12.8. The minimum absolute atomic E-state index is 0.0776. The quantitative estimate of drug-likeness (QED) is 0.849. The second-order valence-corrected chi connectivity index (χ2v) is 4.87. The molecule has 1 N–H and O–H groups in total. The van der Waals surface area contributed by atoms with Gasteiger partial charge in [0, 0.05) is 16.9 Å². The molecule has 0 radical (unpaired) electrons. The average Bonchev–Trinajstić information content (AvgIpc) is 2.28. The maximum absolute atomic E-state index is 11.9. The molecule has 0 aliphatic heterocycles. The molecule has 4 heteroatoms. The minimum Gasteiger partial charge on any atom is -0.491 e. The summed E-state index contributed by atoms with van der Waals surface area (Å²) in [6.07, 6.45) is 0.106. The summed E-state index contributed by atoms with van der Waals surface area (Å²) in [4.78, 5) is 11.9. The molecule has 1 unspecified atom stereocenters. The van der Waals surface area contributed by atoms with Crippen molar-refractivity contribution in [3.63, 3.8) is 0 Å². The van der Waals surface area contributed by atoms with Crippen molar-refractivity contribution < 1.29 is 9.53 Å². The molecule has 0 saturated carbocycles. The number of rotatable bonds is 5. The largest absolute Gasteiger partial charge is 0.491 e. The Labute approximate surface area is 111 Å². The molecular weight excluding hydrogens is 282 g/mol. The molecule has 0 aliphatic carbocycles. The number of halogens is 1. The van der Waals surface area contributed by atoms with E-state index in [-0.39, 0.29) is 18.1 Å². The third-order valence-corrected chi connectivity index (χ3v) is 3.05. The van der Waals surface area contributed by atoms with Crippen molar-refractivity contribution in [3.05, 3.63) is 29.8 Å². The Kier molecular flexibility index (Phi) is 5.48. The molecule has 17 heavy (non-hydrogen) atoms. The Morgan fingerprint density at radius 3 is 2.71 bits per heavy atom. The van der Waals surface area contributed by atoms with Gasteiger partial charge in [-0.05, 0) is 39.0 Å². The summed E-state index contributed by atoms with van der Waals surface area (Å²) in [7, 11) is 0. The molecule has 1 rings (SSSR count). The van der Waals surface area contributed by atoms with E-state index < -0.39 is 0 Å². The molecule has 0 aromatic heterocycles. The van der Waals surface area contributed by atoms with Crippen LogP contribution < -0.4 is 10.1 Å². The number of alkyl halides is 1. The van der Waals surface area contributed by atoms with E-state index in [0.717, 1.165) is 11.1 Å². The topological polar surface area (TPSA) is 38.3 Å². The van der Waals surface area contributed by atoms with Crippen LogP contribution in [0.15, 0.2) is 24.3 Å². The van der Waals surface area contributed by atoms with Crippen molar-refractivity contribution >= 4 is 21.8 Å². The predicted molar refractivity (Wildman–Crippen MR) is 72.9 cm³/mol. The van der Waals surface area contributed by atoms with E-state index in [1.54, 1.807) is 12.1 Å². The predicted octanol–water partition coefficient (Wildman–Crippen LogP) is 2.99. The van der Waals surface area contributed by atoms with Crippen LogP contribution in [0, 0.1) is 0 Å². The lowest BCUT2D eigenvalue weighted by atomic mass is 10.2. The van der Waals surface area contributed by atoms with E-state index in [1.165, 1.54) is 0 Å². The van der Waals surface area contributed by atoms with Crippen molar-refractivity contribution in [2.24, 2.45) is 0 Å². The Balaban J connectivity index is 2.73. The van der Waals surface area contributed by atoms with Crippen LogP contribution in [0.3, 0.4) is 0 Å². The van der Waals surface area contributed by atoms with Gasteiger partial charge in [0.15, 0.2) is 0 Å². The highest BCUT2D eigenvalue weighted by Gasteiger charge is 2.09. The number of nitrogens with one attached hydrogen (secondary N) is 1. The highest BCUT2D eigenvalue weighted by atomic mass is 79.9. The SMILES string of the molecule is CC(CBr)NC(=O)c1cccc(OC(C)C)c1. The van der Waals surface area contributed by atoms with E-state index >= 15 is 0 Å². The molecule has 0 spiro atoms. The van der Waals surface area contributed by atoms with E-state index in [4.69, 9.17) is 4.74 Å². The van der Waals surface area contributed by atoms with Gasteiger partial charge in [0.1, 0.15) is 5.75 Å². The van der Waals surface area contributed by atoms with Crippen LogP contribution in [0.1, 0.15) is 31.1 Å². The molecule has 0 aliphatic rings. The lowest BCUT2D eigenvalue weighted by Gasteiger charge is -2.13. The van der Waals surface area contributed by atoms with E-state index in [9.17, 15) is 4.79 Å². The van der Waals surface area contributed by atoms with Gasteiger partial charge in [0.05, 0.1) is 6.10 Å². The number of amides is 1. The Morgan fingerprint density at radius 1 is 1.41 bits per heavy atom. The maximum Gasteiger partial charge on any atom is 0.251 e. The van der Waals surface area contributed by atoms with Gasteiger partial charge in [-0.2, -0.15) is 0 Å². The van der Waals surface area contributed by atoms with Crippen molar-refractivity contribution in [1.82, 2.24) is 5.32 Å². The third kappa shape index (κ3) is 4.77. The van der Waals surface area contributed by atoms with Crippen molar-refractivity contribution in [1.29, 1.82) is 0 Å². The number of hydrogen-bond donors (Lipinski definition) is 1. The van der Waals surface area contributed by atoms with Crippen LogP contribution in [-0.2, 0) is 0 Å². The summed E-state index contributed by atoms with van der Waals surface area (Å²) >= 11 is 3.32. The Hall–Kier alpha value is -1.03. The lowest BCUT2D eigenvalue weighted by Crippen LogP contribution is -2.33. The molecule has 0 bridgehead atoms. The summed E-state index contributed by atoms with van der Waals surface area (Å²) in [5.41, 5.74) is 0.621. The van der Waals surface area contributed by atoms with E-state index in [2.05, 4.69) is 21.2 Å². The first-order valence-corrected chi connectivity index (χ1v) is 6.78. The molecule has 3 nitrogen and oxygen atoms in total. The summed E-state index contributed by atoms with van der Waals surface area (Å²) in [6.45, 7) is 5.86. The first-order chi connectivity index (χ1) is 8.02. The molecule has 1 atom stereocenters. The Morgan fingerprint density at radius 2 is 2.12 bits per heavy atom. The summed E-state index contributed by atoms with van der Waals surface area (Å²) in [5.74, 6) is 0.644. The van der Waals surface area contributed by atoms with Gasteiger partial charge in [-0.25, -0.2) is 0 Å². The Bertz CT molecular complexity index is 379. The number of hydrogen-bond acceptors (Lipinski definition) is 2. The smallest absolute Gasteiger partial charge is 0.251 e. The van der Waals surface area contributed by atoms with Gasteiger partial charge in [-0.15, -0.1) is 0 Å². The van der Waals surface area contributed by atoms with Crippen LogP contribution in [0.5, 0.6) is 5.75 Å². The zero-order valence-electron chi connectivity index (χ0n) is 10.4. The lowest BCUT2D eigenvalue weighted by molar-refractivity contribution is 0.0943. The van der Waals surface area contributed by atoms with E-state index in [1.807, 2.05) is 32.9 Å². The van der Waals surface area contributed by atoms with Gasteiger partial charge in [0.2, 0.25) is 0 Å². The molecule has 94 valence electrons. The molecule has 0 saturated heterocycles. The molecular formula is C13H18BrNO2. The fourth-order valence-electron chi connectivity index (χ4n) is 1.33. The molecule has 1 aromatic rings. The highest BCUT2D eigenvalue weighted by Crippen LogP contribution is 2.15. The number of ether oxygens (including phenoxy) is 1. The minimum atomic E-state index is -0.0776. The second-order valence-electron chi connectivity index (χ2n) is 4.22. The first kappa shape index (κ1) is 14.0. The van der Waals surface area contributed by atoms with Crippen LogP contribution in [-0.4, -0.2) is 23.4 Å². The molecule has 1 amide bonds. The summed E-state index contributed by atoms with van der Waals surface area (Å²) < 4.78 is 5.55. The first-order valence-electron chi connectivity index (χ1n) is 5.66. The standard InChI is InChI=1S/C13H18BrNO2/c1-9(2)17-12-6-4-5-11(7-12)13(16)15-10(3)8-14/h4-7,9-10H,8H2,1-3H3,(H,15,16). The number of carbonyl (C=O) groups excluding carboxylic acids is 1. The second kappa shape index (κ2) is 6.64. The monoisotopic (exact) mass is 299 g/mol. The summed E-state index contributed by atoms with van der Waals surface area (Å²) in [6, 6.07) is 7.33. The maximum atomic E-state index is 11.9.